The molecule has 1 saturated heterocycles. The van der Waals surface area contributed by atoms with E-state index in [1.165, 1.54) is 17.3 Å². The van der Waals surface area contributed by atoms with Crippen LogP contribution in [0.4, 0.5) is 5.69 Å². The Bertz CT molecular complexity index is 416. The summed E-state index contributed by atoms with van der Waals surface area (Å²) in [5, 5.41) is 5.73. The van der Waals surface area contributed by atoms with Crippen LogP contribution in [0.1, 0.15) is 5.56 Å². The van der Waals surface area contributed by atoms with Crippen molar-refractivity contribution in [3.05, 3.63) is 29.8 Å². The van der Waals surface area contributed by atoms with E-state index in [1.807, 2.05) is 31.2 Å². The van der Waals surface area contributed by atoms with E-state index in [4.69, 9.17) is 12.2 Å². The summed E-state index contributed by atoms with van der Waals surface area (Å²) in [7, 11) is 0. The van der Waals surface area contributed by atoms with Crippen molar-refractivity contribution in [2.75, 3.05) is 11.9 Å². The first-order valence-electron chi connectivity index (χ1n) is 4.97. The molecule has 5 heteroatoms. The van der Waals surface area contributed by atoms with Crippen LogP contribution >= 0.6 is 24.0 Å². The first-order valence-corrected chi connectivity index (χ1v) is 6.26. The lowest BCUT2D eigenvalue weighted by atomic mass is 10.2. The minimum Gasteiger partial charge on any atom is -0.383 e. The molecule has 0 aliphatic carbocycles. The van der Waals surface area contributed by atoms with Gasteiger partial charge in [-0.25, -0.2) is 0 Å². The minimum atomic E-state index is -0.117. The molecule has 0 spiro atoms. The molecule has 1 aliphatic rings. The molecule has 1 aliphatic heterocycles. The van der Waals surface area contributed by atoms with Gasteiger partial charge in [0.15, 0.2) is 0 Å². The summed E-state index contributed by atoms with van der Waals surface area (Å²) in [6.07, 6.45) is 0. The SMILES string of the molecule is Cc1ccc(NC[C@@H]2SC(=S)NC2=O)cc1. The summed E-state index contributed by atoms with van der Waals surface area (Å²) >= 11 is 6.33. The zero-order valence-electron chi connectivity index (χ0n) is 8.82. The van der Waals surface area contributed by atoms with E-state index in [1.54, 1.807) is 0 Å². The van der Waals surface area contributed by atoms with Crippen molar-refractivity contribution in [1.29, 1.82) is 0 Å². The largest absolute Gasteiger partial charge is 0.383 e. The van der Waals surface area contributed by atoms with Gasteiger partial charge >= 0.3 is 0 Å². The van der Waals surface area contributed by atoms with Crippen LogP contribution in [-0.4, -0.2) is 22.0 Å². The highest BCUT2D eigenvalue weighted by Gasteiger charge is 2.28. The molecule has 84 valence electrons. The fraction of sp³-hybridized carbons (Fsp3) is 0.273. The van der Waals surface area contributed by atoms with Crippen molar-refractivity contribution in [2.24, 2.45) is 0 Å². The van der Waals surface area contributed by atoms with Gasteiger partial charge < -0.3 is 10.6 Å². The quantitative estimate of drug-likeness (QED) is 0.807. The van der Waals surface area contributed by atoms with Crippen molar-refractivity contribution >= 4 is 39.9 Å². The Kier molecular flexibility index (Phi) is 3.46. The van der Waals surface area contributed by atoms with Crippen LogP contribution < -0.4 is 10.6 Å². The standard InChI is InChI=1S/C11H12N2OS2/c1-7-2-4-8(5-3-7)12-6-9-10(14)13-11(15)16-9/h2-5,9,12H,6H2,1H3,(H,13,14,15)/t9-/m0/s1. The highest BCUT2D eigenvalue weighted by Crippen LogP contribution is 2.20. The molecule has 0 radical (unpaired) electrons. The summed E-state index contributed by atoms with van der Waals surface area (Å²) in [6, 6.07) is 8.08. The number of rotatable bonds is 3. The maximum atomic E-state index is 11.4. The van der Waals surface area contributed by atoms with Crippen molar-refractivity contribution < 1.29 is 4.79 Å². The zero-order valence-corrected chi connectivity index (χ0v) is 10.5. The third-order valence-corrected chi connectivity index (χ3v) is 3.68. The molecule has 1 fully saturated rings. The fourth-order valence-electron chi connectivity index (χ4n) is 1.41. The molecular formula is C11H12N2OS2. The summed E-state index contributed by atoms with van der Waals surface area (Å²) in [6.45, 7) is 2.64. The molecule has 0 aromatic heterocycles. The molecule has 0 bridgehead atoms. The summed E-state index contributed by atoms with van der Waals surface area (Å²) < 4.78 is 0.570. The molecule has 1 heterocycles. The van der Waals surface area contributed by atoms with Gasteiger partial charge in [0.1, 0.15) is 9.57 Å². The summed E-state index contributed by atoms with van der Waals surface area (Å²) in [5.74, 6) is -0.00499. The van der Waals surface area contributed by atoms with Crippen LogP contribution in [0.5, 0.6) is 0 Å². The van der Waals surface area contributed by atoms with Crippen LogP contribution in [0.3, 0.4) is 0 Å². The molecular weight excluding hydrogens is 240 g/mol. The Hall–Kier alpha value is -1.07. The number of anilines is 1. The Morgan fingerprint density at radius 1 is 1.44 bits per heavy atom. The topological polar surface area (TPSA) is 41.1 Å². The first-order chi connectivity index (χ1) is 7.65. The lowest BCUT2D eigenvalue weighted by Gasteiger charge is -2.09. The third-order valence-electron chi connectivity index (χ3n) is 2.31. The van der Waals surface area contributed by atoms with Crippen LogP contribution in [0.25, 0.3) is 0 Å². The predicted molar refractivity (Wildman–Crippen MR) is 71.8 cm³/mol. The van der Waals surface area contributed by atoms with E-state index in [0.717, 1.165) is 5.69 Å². The smallest absolute Gasteiger partial charge is 0.240 e. The number of hydrogen-bond acceptors (Lipinski definition) is 4. The van der Waals surface area contributed by atoms with E-state index in [9.17, 15) is 4.79 Å². The van der Waals surface area contributed by atoms with Crippen molar-refractivity contribution in [2.45, 2.75) is 12.2 Å². The monoisotopic (exact) mass is 252 g/mol. The third kappa shape index (κ3) is 2.74. The van der Waals surface area contributed by atoms with E-state index < -0.39 is 0 Å². The van der Waals surface area contributed by atoms with Gasteiger partial charge in [0.2, 0.25) is 5.91 Å². The van der Waals surface area contributed by atoms with Gasteiger partial charge in [-0.05, 0) is 19.1 Å². The Labute approximate surface area is 104 Å². The second-order valence-corrected chi connectivity index (χ2v) is 5.51. The second-order valence-electron chi connectivity index (χ2n) is 3.63. The van der Waals surface area contributed by atoms with Crippen LogP contribution in [0, 0.1) is 6.92 Å². The van der Waals surface area contributed by atoms with Crippen LogP contribution in [-0.2, 0) is 4.79 Å². The maximum Gasteiger partial charge on any atom is 0.240 e. The van der Waals surface area contributed by atoms with Crippen molar-refractivity contribution in [3.8, 4) is 0 Å². The van der Waals surface area contributed by atoms with Gasteiger partial charge in [-0.3, -0.25) is 4.79 Å². The Morgan fingerprint density at radius 3 is 2.69 bits per heavy atom. The Balaban J connectivity index is 1.90. The van der Waals surface area contributed by atoms with Crippen LogP contribution in [0.15, 0.2) is 24.3 Å². The molecule has 0 saturated carbocycles. The van der Waals surface area contributed by atoms with Gasteiger partial charge in [-0.15, -0.1) is 0 Å². The molecule has 3 nitrogen and oxygen atoms in total. The first kappa shape index (κ1) is 11.4. The number of carbonyl (C=O) groups is 1. The number of nitrogens with one attached hydrogen (secondary N) is 2. The highest BCUT2D eigenvalue weighted by atomic mass is 32.2. The molecule has 16 heavy (non-hydrogen) atoms. The molecule has 1 aromatic carbocycles. The molecule has 2 N–H and O–H groups in total. The van der Waals surface area contributed by atoms with Gasteiger partial charge in [0.05, 0.1) is 0 Å². The van der Waals surface area contributed by atoms with E-state index >= 15 is 0 Å². The molecule has 1 amide bonds. The molecule has 1 atom stereocenters. The minimum absolute atomic E-state index is 0.00499. The average Bonchev–Trinajstić information content (AvgIpc) is 2.57. The molecule has 1 aromatic rings. The van der Waals surface area contributed by atoms with E-state index in [2.05, 4.69) is 10.6 Å². The second kappa shape index (κ2) is 4.84. The summed E-state index contributed by atoms with van der Waals surface area (Å²) in [5.41, 5.74) is 2.25. The van der Waals surface area contributed by atoms with Gasteiger partial charge in [0, 0.05) is 12.2 Å². The van der Waals surface area contributed by atoms with E-state index in [-0.39, 0.29) is 11.2 Å². The van der Waals surface area contributed by atoms with Crippen molar-refractivity contribution in [3.63, 3.8) is 0 Å². The number of carbonyl (C=O) groups excluding carboxylic acids is 1. The lowest BCUT2D eigenvalue weighted by molar-refractivity contribution is -0.118. The molecule has 2 rings (SSSR count). The van der Waals surface area contributed by atoms with Crippen molar-refractivity contribution in [1.82, 2.24) is 5.32 Å². The van der Waals surface area contributed by atoms with Crippen LogP contribution in [0.2, 0.25) is 0 Å². The lowest BCUT2D eigenvalue weighted by Crippen LogP contribution is -2.28. The fourth-order valence-corrected chi connectivity index (χ4v) is 2.61. The van der Waals surface area contributed by atoms with Gasteiger partial charge in [0.25, 0.3) is 0 Å². The number of thioether (sulfide) groups is 1. The average molecular weight is 252 g/mol. The molecule has 0 unspecified atom stereocenters. The number of thiocarbonyl (C=S) groups is 1. The number of hydrogen-bond donors (Lipinski definition) is 2. The Morgan fingerprint density at radius 2 is 2.12 bits per heavy atom. The number of amides is 1. The zero-order chi connectivity index (χ0) is 11.5. The van der Waals surface area contributed by atoms with Gasteiger partial charge in [-0.2, -0.15) is 0 Å². The predicted octanol–water partition coefficient (Wildman–Crippen LogP) is 1.92. The van der Waals surface area contributed by atoms with Gasteiger partial charge in [-0.1, -0.05) is 41.7 Å². The van der Waals surface area contributed by atoms with E-state index in [0.29, 0.717) is 10.9 Å². The summed E-state index contributed by atoms with van der Waals surface area (Å²) in [4.78, 5) is 11.4. The highest BCUT2D eigenvalue weighted by molar-refractivity contribution is 8.24. The normalized spacial score (nSPS) is 19.7. The number of benzene rings is 1. The number of aryl methyl sites for hydroxylation is 1. The maximum absolute atomic E-state index is 11.4.